The molecule has 2 aromatic carbocycles. The van der Waals surface area contributed by atoms with Crippen molar-refractivity contribution in [1.29, 1.82) is 0 Å². The van der Waals surface area contributed by atoms with E-state index in [9.17, 15) is 0 Å². The Bertz CT molecular complexity index is 629. The van der Waals surface area contributed by atoms with Crippen LogP contribution in [0.4, 0.5) is 0 Å². The second-order valence-electron chi connectivity index (χ2n) is 6.40. The van der Waals surface area contributed by atoms with Crippen LogP contribution >= 0.6 is 0 Å². The van der Waals surface area contributed by atoms with Crippen molar-refractivity contribution >= 4 is 6.15 Å². The maximum absolute atomic E-state index is 8.81. The number of unbranched alkanes of at least 4 members (excludes halogenated alkanes) is 2. The summed E-state index contributed by atoms with van der Waals surface area (Å²) in [5, 5.41) is 26.0. The van der Waals surface area contributed by atoms with Crippen molar-refractivity contribution in [2.75, 3.05) is 13.2 Å². The lowest BCUT2D eigenvalue weighted by Gasteiger charge is -2.01. The molecule has 0 aliphatic rings. The quantitative estimate of drug-likeness (QED) is 0.573. The van der Waals surface area contributed by atoms with Gasteiger partial charge in [-0.1, -0.05) is 54.1 Å². The minimum atomic E-state index is 0.108. The summed E-state index contributed by atoms with van der Waals surface area (Å²) in [6.45, 7) is 2.79. The van der Waals surface area contributed by atoms with Gasteiger partial charge < -0.3 is 15.3 Å². The van der Waals surface area contributed by atoms with E-state index < -0.39 is 0 Å². The van der Waals surface area contributed by atoms with Crippen LogP contribution in [0.3, 0.4) is 0 Å². The summed E-state index contributed by atoms with van der Waals surface area (Å²) in [4.78, 5) is 16.2. The van der Waals surface area contributed by atoms with E-state index in [4.69, 9.17) is 24.9 Å². The van der Waals surface area contributed by atoms with Crippen LogP contribution in [0.25, 0.3) is 0 Å². The summed E-state index contributed by atoms with van der Waals surface area (Å²) in [6.07, 6.45) is 6.22. The number of aliphatic hydroxyl groups excluding tert-OH is 3. The molecule has 5 heteroatoms. The molecular formula is C23H32O5. The van der Waals surface area contributed by atoms with Crippen LogP contribution in [0, 0.1) is 6.92 Å². The van der Waals surface area contributed by atoms with Crippen LogP contribution in [-0.2, 0) is 29.0 Å². The molecule has 154 valence electrons. The Morgan fingerprint density at radius 3 is 1.36 bits per heavy atom. The molecule has 3 N–H and O–H groups in total. The van der Waals surface area contributed by atoms with Crippen LogP contribution in [-0.4, -0.2) is 34.7 Å². The van der Waals surface area contributed by atoms with Crippen LogP contribution < -0.4 is 0 Å². The van der Waals surface area contributed by atoms with Gasteiger partial charge in [-0.05, 0) is 62.1 Å². The number of hydrogen-bond acceptors (Lipinski definition) is 5. The second kappa shape index (κ2) is 18.1. The van der Waals surface area contributed by atoms with Gasteiger partial charge in [0.25, 0.3) is 0 Å². The Kier molecular flexibility index (Phi) is 16.6. The van der Waals surface area contributed by atoms with Crippen molar-refractivity contribution in [3.8, 4) is 0 Å². The van der Waals surface area contributed by atoms with Crippen molar-refractivity contribution in [2.45, 2.75) is 52.1 Å². The maximum atomic E-state index is 8.81. The molecule has 2 rings (SSSR count). The third-order valence-corrected chi connectivity index (χ3v) is 4.07. The molecule has 0 saturated carbocycles. The second-order valence-corrected chi connectivity index (χ2v) is 6.40. The number of aliphatic hydroxyl groups is 3. The molecule has 28 heavy (non-hydrogen) atoms. The summed E-state index contributed by atoms with van der Waals surface area (Å²) >= 11 is 0. The molecule has 0 bridgehead atoms. The van der Waals surface area contributed by atoms with Crippen molar-refractivity contribution in [3.63, 3.8) is 0 Å². The Morgan fingerprint density at radius 2 is 1.00 bits per heavy atom. The third kappa shape index (κ3) is 13.8. The summed E-state index contributed by atoms with van der Waals surface area (Å²) in [5.74, 6) is 0. The monoisotopic (exact) mass is 388 g/mol. The lowest BCUT2D eigenvalue weighted by Crippen LogP contribution is -1.89. The largest absolute Gasteiger partial charge is 0.396 e. The Hall–Kier alpha value is -2.30. The smallest absolute Gasteiger partial charge is 0.373 e. The fraction of sp³-hybridized carbons (Fsp3) is 0.435. The first kappa shape index (κ1) is 25.7. The first-order valence-corrected chi connectivity index (χ1v) is 9.56. The van der Waals surface area contributed by atoms with Gasteiger partial charge in [0.05, 0.1) is 6.61 Å². The molecule has 0 unspecified atom stereocenters. The molecule has 0 spiro atoms. The maximum Gasteiger partial charge on any atom is 0.373 e. The van der Waals surface area contributed by atoms with E-state index in [0.717, 1.165) is 44.1 Å². The predicted octanol–water partition coefficient (Wildman–Crippen LogP) is 3.22. The van der Waals surface area contributed by atoms with Gasteiger partial charge in [0.15, 0.2) is 0 Å². The molecule has 5 nitrogen and oxygen atoms in total. The first-order valence-electron chi connectivity index (χ1n) is 9.56. The van der Waals surface area contributed by atoms with Gasteiger partial charge in [0, 0.05) is 13.2 Å². The van der Waals surface area contributed by atoms with E-state index in [2.05, 4.69) is 31.2 Å². The van der Waals surface area contributed by atoms with Crippen molar-refractivity contribution in [2.24, 2.45) is 0 Å². The molecule has 0 fully saturated rings. The number of benzene rings is 2. The molecule has 0 aromatic heterocycles. The highest BCUT2D eigenvalue weighted by atomic mass is 16.3. The summed E-state index contributed by atoms with van der Waals surface area (Å²) < 4.78 is 0. The summed E-state index contributed by atoms with van der Waals surface area (Å²) in [7, 11) is 0. The van der Waals surface area contributed by atoms with Gasteiger partial charge in [0.2, 0.25) is 0 Å². The van der Waals surface area contributed by atoms with Gasteiger partial charge in [-0.3, -0.25) is 0 Å². The van der Waals surface area contributed by atoms with Crippen molar-refractivity contribution < 1.29 is 24.9 Å². The SMILES string of the molecule is Cc1ccc(CCCCO)cc1.O=C=O.OCCCCc1ccc(CO)cc1. The topological polar surface area (TPSA) is 94.8 Å². The standard InChI is InChI=1S/C11H16O2.C11H16O.CO2/c12-8-2-1-3-10-4-6-11(9-13)7-5-10;1-10-5-7-11(8-6-10)4-2-3-9-12;2-1-3/h4-7,12-13H,1-3,8-9H2;5-8,12H,2-4,9H2,1H3;. The molecular weight excluding hydrogens is 356 g/mol. The predicted molar refractivity (Wildman–Crippen MR) is 109 cm³/mol. The molecule has 0 aliphatic carbocycles. The van der Waals surface area contributed by atoms with E-state index in [0.29, 0.717) is 6.61 Å². The highest BCUT2D eigenvalue weighted by molar-refractivity contribution is 5.22. The first-order chi connectivity index (χ1) is 13.6. The normalized spacial score (nSPS) is 9.43. The van der Waals surface area contributed by atoms with Crippen molar-refractivity contribution in [3.05, 3.63) is 70.8 Å². The van der Waals surface area contributed by atoms with Gasteiger partial charge in [-0.2, -0.15) is 9.59 Å². The van der Waals surface area contributed by atoms with E-state index >= 15 is 0 Å². The molecule has 0 atom stereocenters. The van der Waals surface area contributed by atoms with Crippen LogP contribution in [0.5, 0.6) is 0 Å². The van der Waals surface area contributed by atoms with Gasteiger partial charge in [0.1, 0.15) is 0 Å². The summed E-state index contributed by atoms with van der Waals surface area (Å²) in [6, 6.07) is 16.5. The van der Waals surface area contributed by atoms with E-state index in [1.165, 1.54) is 16.7 Å². The highest BCUT2D eigenvalue weighted by Crippen LogP contribution is 2.08. The van der Waals surface area contributed by atoms with Crippen LogP contribution in [0.2, 0.25) is 0 Å². The molecule has 0 saturated heterocycles. The Morgan fingerprint density at radius 1 is 0.643 bits per heavy atom. The average molecular weight is 389 g/mol. The zero-order chi connectivity index (χ0) is 21.0. The van der Waals surface area contributed by atoms with Crippen LogP contribution in [0.1, 0.15) is 47.9 Å². The zero-order valence-corrected chi connectivity index (χ0v) is 16.6. The number of aryl methyl sites for hydroxylation is 3. The molecule has 0 radical (unpaired) electrons. The molecule has 0 heterocycles. The zero-order valence-electron chi connectivity index (χ0n) is 16.6. The Balaban J connectivity index is 0.000000458. The molecule has 2 aromatic rings. The molecule has 0 aliphatic heterocycles. The minimum Gasteiger partial charge on any atom is -0.396 e. The number of carbonyl (C=O) groups excluding carboxylic acids is 2. The van der Waals surface area contributed by atoms with Crippen LogP contribution in [0.15, 0.2) is 48.5 Å². The number of rotatable bonds is 9. The van der Waals surface area contributed by atoms with E-state index in [-0.39, 0.29) is 19.4 Å². The highest BCUT2D eigenvalue weighted by Gasteiger charge is 1.94. The Labute approximate surface area is 167 Å². The minimum absolute atomic E-state index is 0.108. The fourth-order valence-electron chi connectivity index (χ4n) is 2.45. The lowest BCUT2D eigenvalue weighted by molar-refractivity contribution is -0.191. The average Bonchev–Trinajstić information content (AvgIpc) is 2.71. The van der Waals surface area contributed by atoms with Gasteiger partial charge >= 0.3 is 6.15 Å². The van der Waals surface area contributed by atoms with E-state index in [1.54, 1.807) is 0 Å². The lowest BCUT2D eigenvalue weighted by atomic mass is 10.1. The number of hydrogen-bond donors (Lipinski definition) is 3. The third-order valence-electron chi connectivity index (χ3n) is 4.07. The van der Waals surface area contributed by atoms with E-state index in [1.807, 2.05) is 24.3 Å². The summed E-state index contributed by atoms with van der Waals surface area (Å²) in [5.41, 5.74) is 4.89. The van der Waals surface area contributed by atoms with Gasteiger partial charge in [-0.15, -0.1) is 0 Å². The molecule has 0 amide bonds. The van der Waals surface area contributed by atoms with Crippen molar-refractivity contribution in [1.82, 2.24) is 0 Å². The van der Waals surface area contributed by atoms with Gasteiger partial charge in [-0.25, -0.2) is 0 Å². The fourth-order valence-corrected chi connectivity index (χ4v) is 2.45.